The molecule has 0 fully saturated rings. The second-order valence-electron chi connectivity index (χ2n) is 7.27. The molecule has 0 unspecified atom stereocenters. The fourth-order valence-corrected chi connectivity index (χ4v) is 4.08. The van der Waals surface area contributed by atoms with Gasteiger partial charge in [0.1, 0.15) is 0 Å². The molecule has 162 valence electrons. The summed E-state index contributed by atoms with van der Waals surface area (Å²) in [6.45, 7) is 4.73. The molecule has 2 heterocycles. The van der Waals surface area contributed by atoms with Gasteiger partial charge in [-0.1, -0.05) is 12.1 Å². The van der Waals surface area contributed by atoms with E-state index in [4.69, 9.17) is 4.42 Å². The summed E-state index contributed by atoms with van der Waals surface area (Å²) in [6, 6.07) is 12.3. The molecule has 8 heteroatoms. The molecule has 3 aromatic rings. The van der Waals surface area contributed by atoms with Crippen molar-refractivity contribution in [3.05, 3.63) is 76.1 Å². The molecule has 0 radical (unpaired) electrons. The van der Waals surface area contributed by atoms with Crippen LogP contribution in [-0.4, -0.2) is 48.2 Å². The third-order valence-corrected chi connectivity index (χ3v) is 5.88. The Labute approximate surface area is 185 Å². The number of carbonyl (C=O) groups excluding carboxylic acids is 3. The van der Waals surface area contributed by atoms with Gasteiger partial charge in [0.05, 0.1) is 16.1 Å². The zero-order valence-electron chi connectivity index (χ0n) is 18.0. The first kappa shape index (κ1) is 22.3. The van der Waals surface area contributed by atoms with Crippen molar-refractivity contribution in [2.45, 2.75) is 20.4 Å². The van der Waals surface area contributed by atoms with E-state index in [0.29, 0.717) is 28.5 Å². The molecule has 1 N–H and O–H groups in total. The Balaban J connectivity index is 1.71. The molecule has 1 aromatic carbocycles. The van der Waals surface area contributed by atoms with Crippen LogP contribution in [0.2, 0.25) is 0 Å². The lowest BCUT2D eigenvalue weighted by molar-refractivity contribution is 0.0755. The molecule has 3 amide bonds. The Morgan fingerprint density at radius 3 is 2.35 bits per heavy atom. The van der Waals surface area contributed by atoms with Gasteiger partial charge in [0.2, 0.25) is 0 Å². The van der Waals surface area contributed by atoms with E-state index in [-0.39, 0.29) is 23.5 Å². The maximum absolute atomic E-state index is 13.1. The molecule has 3 rings (SSSR count). The van der Waals surface area contributed by atoms with E-state index in [2.05, 4.69) is 5.32 Å². The number of anilines is 1. The number of thiophene rings is 1. The summed E-state index contributed by atoms with van der Waals surface area (Å²) >= 11 is 1.24. The number of rotatable bonds is 7. The Morgan fingerprint density at radius 2 is 1.77 bits per heavy atom. The van der Waals surface area contributed by atoms with E-state index in [9.17, 15) is 14.4 Å². The minimum absolute atomic E-state index is 0.0618. The van der Waals surface area contributed by atoms with Crippen LogP contribution in [0.15, 0.2) is 53.1 Å². The third-order valence-electron chi connectivity index (χ3n) is 4.74. The minimum Gasteiger partial charge on any atom is -0.459 e. The number of hydrogen-bond donors (Lipinski definition) is 1. The van der Waals surface area contributed by atoms with Crippen molar-refractivity contribution < 1.29 is 18.8 Å². The lowest BCUT2D eigenvalue weighted by Gasteiger charge is -2.21. The van der Waals surface area contributed by atoms with Gasteiger partial charge < -0.3 is 19.5 Å². The fourth-order valence-electron chi connectivity index (χ4n) is 3.04. The van der Waals surface area contributed by atoms with Crippen LogP contribution in [0.3, 0.4) is 0 Å². The van der Waals surface area contributed by atoms with E-state index >= 15 is 0 Å². The van der Waals surface area contributed by atoms with Gasteiger partial charge in [-0.05, 0) is 55.3 Å². The van der Waals surface area contributed by atoms with Gasteiger partial charge in [-0.15, -0.1) is 11.3 Å². The number of aryl methyl sites for hydroxylation is 1. The Morgan fingerprint density at radius 1 is 1.06 bits per heavy atom. The van der Waals surface area contributed by atoms with Crippen molar-refractivity contribution >= 4 is 34.1 Å². The van der Waals surface area contributed by atoms with Crippen molar-refractivity contribution in [1.29, 1.82) is 0 Å². The van der Waals surface area contributed by atoms with Crippen molar-refractivity contribution in [2.75, 3.05) is 26.0 Å². The highest BCUT2D eigenvalue weighted by atomic mass is 32.1. The summed E-state index contributed by atoms with van der Waals surface area (Å²) in [6.07, 6.45) is 1.44. The quantitative estimate of drug-likeness (QED) is 0.596. The number of nitrogens with one attached hydrogen (secondary N) is 1. The SMILES string of the molecule is CCN(Cc1ccc(C(=O)N(C)C)cc1)C(=O)c1sc(NC(=O)c2ccco2)cc1C. The second kappa shape index (κ2) is 9.61. The summed E-state index contributed by atoms with van der Waals surface area (Å²) in [5.74, 6) is -0.305. The van der Waals surface area contributed by atoms with Gasteiger partial charge >= 0.3 is 0 Å². The lowest BCUT2D eigenvalue weighted by Crippen LogP contribution is -2.30. The largest absolute Gasteiger partial charge is 0.459 e. The molecule has 0 aliphatic carbocycles. The predicted octanol–water partition coefficient (Wildman–Crippen LogP) is 4.27. The predicted molar refractivity (Wildman–Crippen MR) is 121 cm³/mol. The highest BCUT2D eigenvalue weighted by Gasteiger charge is 2.21. The fraction of sp³-hybridized carbons (Fsp3) is 0.261. The molecule has 0 atom stereocenters. The van der Waals surface area contributed by atoms with Crippen molar-refractivity contribution in [2.24, 2.45) is 0 Å². The molecule has 31 heavy (non-hydrogen) atoms. The van der Waals surface area contributed by atoms with Gasteiger partial charge in [0.25, 0.3) is 17.7 Å². The Kier molecular flexibility index (Phi) is 6.91. The summed E-state index contributed by atoms with van der Waals surface area (Å²) in [5, 5.41) is 3.36. The van der Waals surface area contributed by atoms with Gasteiger partial charge in [0.15, 0.2) is 5.76 Å². The second-order valence-corrected chi connectivity index (χ2v) is 8.32. The molecular formula is C23H25N3O4S. The minimum atomic E-state index is -0.357. The first-order valence-electron chi connectivity index (χ1n) is 9.85. The van der Waals surface area contributed by atoms with Gasteiger partial charge in [-0.25, -0.2) is 0 Å². The molecule has 0 bridgehead atoms. The average molecular weight is 440 g/mol. The van der Waals surface area contributed by atoms with Gasteiger partial charge in [0, 0.05) is 32.7 Å². The normalized spacial score (nSPS) is 10.6. The number of hydrogen-bond acceptors (Lipinski definition) is 5. The van der Waals surface area contributed by atoms with Crippen LogP contribution in [0.25, 0.3) is 0 Å². The smallest absolute Gasteiger partial charge is 0.291 e. The summed E-state index contributed by atoms with van der Waals surface area (Å²) in [7, 11) is 3.42. The van der Waals surface area contributed by atoms with E-state index in [0.717, 1.165) is 11.1 Å². The number of furan rings is 1. The highest BCUT2D eigenvalue weighted by molar-refractivity contribution is 7.18. The third kappa shape index (κ3) is 5.21. The first-order valence-corrected chi connectivity index (χ1v) is 10.7. The molecule has 7 nitrogen and oxygen atoms in total. The molecule has 2 aromatic heterocycles. The number of amides is 3. The van der Waals surface area contributed by atoms with Crippen LogP contribution >= 0.6 is 11.3 Å². The summed E-state index contributed by atoms with van der Waals surface area (Å²) in [5.41, 5.74) is 2.34. The van der Waals surface area contributed by atoms with E-state index in [1.807, 2.05) is 26.0 Å². The number of benzene rings is 1. The van der Waals surface area contributed by atoms with E-state index in [1.165, 1.54) is 22.5 Å². The Bertz CT molecular complexity index is 1070. The molecule has 0 saturated carbocycles. The van der Waals surface area contributed by atoms with Crippen molar-refractivity contribution in [3.63, 3.8) is 0 Å². The standard InChI is InChI=1S/C23H25N3O4S/c1-5-26(14-16-8-10-17(11-9-16)22(28)25(3)4)23(29)20-15(2)13-19(31-20)24-21(27)18-7-6-12-30-18/h6-13H,5,14H2,1-4H3,(H,24,27). The summed E-state index contributed by atoms with van der Waals surface area (Å²) in [4.78, 5) is 41.2. The van der Waals surface area contributed by atoms with E-state index in [1.54, 1.807) is 49.3 Å². The zero-order chi connectivity index (χ0) is 22.5. The van der Waals surface area contributed by atoms with Crippen LogP contribution in [0, 0.1) is 6.92 Å². The van der Waals surface area contributed by atoms with Crippen LogP contribution < -0.4 is 5.32 Å². The van der Waals surface area contributed by atoms with Crippen molar-refractivity contribution in [1.82, 2.24) is 9.80 Å². The number of carbonyl (C=O) groups is 3. The van der Waals surface area contributed by atoms with Gasteiger partial charge in [-0.3, -0.25) is 14.4 Å². The van der Waals surface area contributed by atoms with Crippen LogP contribution in [0.4, 0.5) is 5.00 Å². The molecular weight excluding hydrogens is 414 g/mol. The van der Waals surface area contributed by atoms with Crippen LogP contribution in [-0.2, 0) is 6.54 Å². The zero-order valence-corrected chi connectivity index (χ0v) is 18.8. The van der Waals surface area contributed by atoms with Crippen LogP contribution in [0.5, 0.6) is 0 Å². The highest BCUT2D eigenvalue weighted by Crippen LogP contribution is 2.29. The van der Waals surface area contributed by atoms with Crippen molar-refractivity contribution in [3.8, 4) is 0 Å². The maximum Gasteiger partial charge on any atom is 0.291 e. The summed E-state index contributed by atoms with van der Waals surface area (Å²) < 4.78 is 5.10. The Hall–Kier alpha value is -3.39. The topological polar surface area (TPSA) is 82.9 Å². The van der Waals surface area contributed by atoms with Gasteiger partial charge in [-0.2, -0.15) is 0 Å². The van der Waals surface area contributed by atoms with E-state index < -0.39 is 0 Å². The molecule has 0 aliphatic rings. The molecule has 0 spiro atoms. The monoisotopic (exact) mass is 439 g/mol. The lowest BCUT2D eigenvalue weighted by atomic mass is 10.1. The number of nitrogens with zero attached hydrogens (tertiary/aromatic N) is 2. The van der Waals surface area contributed by atoms with Crippen LogP contribution in [0.1, 0.15) is 48.6 Å². The molecule has 0 aliphatic heterocycles. The molecule has 0 saturated heterocycles. The average Bonchev–Trinajstić information content (AvgIpc) is 3.41. The first-order chi connectivity index (χ1) is 14.8. The maximum atomic E-state index is 13.1.